The Balaban J connectivity index is 2.36. The molecule has 0 saturated carbocycles. The number of rotatable bonds is 5. The average molecular weight is 284 g/mol. The molecule has 0 heterocycles. The molecule has 0 radical (unpaired) electrons. The van der Waals surface area contributed by atoms with Crippen LogP contribution in [-0.2, 0) is 6.42 Å². The molecular weight excluding hydrogens is 264 g/mol. The van der Waals surface area contributed by atoms with E-state index in [1.807, 2.05) is 19.2 Å². The van der Waals surface area contributed by atoms with E-state index < -0.39 is 0 Å². The van der Waals surface area contributed by atoms with E-state index in [0.29, 0.717) is 6.42 Å². The second kappa shape index (κ2) is 6.50. The highest BCUT2D eigenvalue weighted by Gasteiger charge is 2.18. The molecule has 0 aliphatic heterocycles. The van der Waals surface area contributed by atoms with E-state index in [2.05, 4.69) is 37.4 Å². The van der Waals surface area contributed by atoms with Gasteiger partial charge in [-0.05, 0) is 38.4 Å². The average Bonchev–Trinajstić information content (AvgIpc) is 2.47. The molecule has 1 atom stereocenters. The third-order valence-corrected chi connectivity index (χ3v) is 3.77. The lowest BCUT2D eigenvalue weighted by Crippen LogP contribution is -2.20. The van der Waals surface area contributed by atoms with E-state index in [9.17, 15) is 10.1 Å². The van der Waals surface area contributed by atoms with Crippen molar-refractivity contribution in [2.45, 2.75) is 26.3 Å². The number of nitrogens with one attached hydrogen (secondary N) is 1. The molecule has 4 heteroatoms. The summed E-state index contributed by atoms with van der Waals surface area (Å²) in [5, 5.41) is 14.4. The minimum absolute atomic E-state index is 0.0611. The standard InChI is InChI=1S/C17H20N2O2/c1-12-8-9-13(2)15(10-12)16(18-3)11-14-6-4-5-7-17(14)19(20)21/h4-10,16,18H,11H2,1-3H3. The molecule has 0 fully saturated rings. The molecule has 4 nitrogen and oxygen atoms in total. The van der Waals surface area contributed by atoms with Crippen LogP contribution in [0.5, 0.6) is 0 Å². The summed E-state index contributed by atoms with van der Waals surface area (Å²) in [6.07, 6.45) is 0.595. The third kappa shape index (κ3) is 3.47. The summed E-state index contributed by atoms with van der Waals surface area (Å²) < 4.78 is 0. The van der Waals surface area contributed by atoms with Crippen LogP contribution in [0.25, 0.3) is 0 Å². The minimum atomic E-state index is -0.314. The number of nitro groups is 1. The normalized spacial score (nSPS) is 12.1. The molecular formula is C17H20N2O2. The summed E-state index contributed by atoms with van der Waals surface area (Å²) >= 11 is 0. The van der Waals surface area contributed by atoms with Crippen LogP contribution in [0.4, 0.5) is 5.69 Å². The smallest absolute Gasteiger partial charge is 0.272 e. The quantitative estimate of drug-likeness (QED) is 0.672. The monoisotopic (exact) mass is 284 g/mol. The van der Waals surface area contributed by atoms with Crippen LogP contribution >= 0.6 is 0 Å². The molecule has 0 aromatic heterocycles. The van der Waals surface area contributed by atoms with Gasteiger partial charge in [0.05, 0.1) is 4.92 Å². The number of hydrogen-bond acceptors (Lipinski definition) is 3. The maximum absolute atomic E-state index is 11.1. The van der Waals surface area contributed by atoms with Gasteiger partial charge in [0.15, 0.2) is 0 Å². The van der Waals surface area contributed by atoms with Gasteiger partial charge in [-0.2, -0.15) is 0 Å². The van der Waals surface area contributed by atoms with Crippen molar-refractivity contribution in [1.82, 2.24) is 5.32 Å². The first kappa shape index (κ1) is 15.2. The molecule has 1 unspecified atom stereocenters. The fourth-order valence-electron chi connectivity index (χ4n) is 2.58. The number of likely N-dealkylation sites (N-methyl/N-ethyl adjacent to an activating group) is 1. The van der Waals surface area contributed by atoms with Crippen LogP contribution in [0.3, 0.4) is 0 Å². The van der Waals surface area contributed by atoms with Crippen LogP contribution in [0, 0.1) is 24.0 Å². The largest absolute Gasteiger partial charge is 0.313 e. The summed E-state index contributed by atoms with van der Waals surface area (Å²) in [7, 11) is 1.89. The summed E-state index contributed by atoms with van der Waals surface area (Å²) in [5.74, 6) is 0. The van der Waals surface area contributed by atoms with Crippen LogP contribution in [0.1, 0.15) is 28.3 Å². The maximum Gasteiger partial charge on any atom is 0.272 e. The Hall–Kier alpha value is -2.20. The van der Waals surface area contributed by atoms with Gasteiger partial charge in [0.1, 0.15) is 0 Å². The van der Waals surface area contributed by atoms with E-state index >= 15 is 0 Å². The summed E-state index contributed by atoms with van der Waals surface area (Å²) in [5.41, 5.74) is 4.51. The zero-order valence-electron chi connectivity index (χ0n) is 12.6. The molecule has 1 N–H and O–H groups in total. The number of aryl methyl sites for hydroxylation is 2. The molecule has 0 aliphatic rings. The Morgan fingerprint density at radius 3 is 2.57 bits per heavy atom. The number of hydrogen-bond donors (Lipinski definition) is 1. The molecule has 21 heavy (non-hydrogen) atoms. The van der Waals surface area contributed by atoms with Crippen LogP contribution in [-0.4, -0.2) is 12.0 Å². The first-order chi connectivity index (χ1) is 10.0. The molecule has 2 rings (SSSR count). The van der Waals surface area contributed by atoms with E-state index in [0.717, 1.165) is 5.56 Å². The Bertz CT molecular complexity index is 653. The zero-order valence-corrected chi connectivity index (χ0v) is 12.6. The number of benzene rings is 2. The minimum Gasteiger partial charge on any atom is -0.313 e. The molecule has 0 bridgehead atoms. The molecule has 0 amide bonds. The predicted octanol–water partition coefficient (Wildman–Crippen LogP) is 3.71. The lowest BCUT2D eigenvalue weighted by molar-refractivity contribution is -0.385. The molecule has 0 aliphatic carbocycles. The van der Waals surface area contributed by atoms with Gasteiger partial charge in [0, 0.05) is 17.7 Å². The molecule has 2 aromatic carbocycles. The van der Waals surface area contributed by atoms with Crippen molar-refractivity contribution in [1.29, 1.82) is 0 Å². The fourth-order valence-corrected chi connectivity index (χ4v) is 2.58. The SMILES string of the molecule is CNC(Cc1ccccc1[N+](=O)[O-])c1cc(C)ccc1C. The van der Waals surface area contributed by atoms with Crippen LogP contribution in [0.15, 0.2) is 42.5 Å². The first-order valence-electron chi connectivity index (χ1n) is 6.99. The molecule has 0 saturated heterocycles. The third-order valence-electron chi connectivity index (χ3n) is 3.77. The summed E-state index contributed by atoms with van der Waals surface area (Å²) in [6, 6.07) is 13.3. The Labute approximate surface area is 125 Å². The molecule has 110 valence electrons. The van der Waals surface area contributed by atoms with Crippen LogP contribution < -0.4 is 5.32 Å². The van der Waals surface area contributed by atoms with Crippen LogP contribution in [0.2, 0.25) is 0 Å². The highest BCUT2D eigenvalue weighted by atomic mass is 16.6. The summed E-state index contributed by atoms with van der Waals surface area (Å²) in [6.45, 7) is 4.12. The van der Waals surface area contributed by atoms with E-state index in [1.54, 1.807) is 12.1 Å². The number of para-hydroxylation sites is 1. The first-order valence-corrected chi connectivity index (χ1v) is 6.99. The summed E-state index contributed by atoms with van der Waals surface area (Å²) in [4.78, 5) is 10.8. The van der Waals surface area contributed by atoms with Gasteiger partial charge in [-0.1, -0.05) is 42.0 Å². The second-order valence-electron chi connectivity index (χ2n) is 5.29. The molecule has 0 spiro atoms. The van der Waals surface area contributed by atoms with E-state index in [-0.39, 0.29) is 16.7 Å². The van der Waals surface area contributed by atoms with Crippen molar-refractivity contribution in [3.05, 3.63) is 74.8 Å². The van der Waals surface area contributed by atoms with E-state index in [1.165, 1.54) is 16.7 Å². The predicted molar refractivity (Wildman–Crippen MR) is 84.5 cm³/mol. The lowest BCUT2D eigenvalue weighted by Gasteiger charge is -2.19. The van der Waals surface area contributed by atoms with Crippen molar-refractivity contribution in [3.8, 4) is 0 Å². The van der Waals surface area contributed by atoms with Gasteiger partial charge in [0.25, 0.3) is 5.69 Å². The van der Waals surface area contributed by atoms with Crippen molar-refractivity contribution in [2.24, 2.45) is 0 Å². The Morgan fingerprint density at radius 2 is 1.90 bits per heavy atom. The second-order valence-corrected chi connectivity index (χ2v) is 5.29. The molecule has 2 aromatic rings. The van der Waals surface area contributed by atoms with Crippen molar-refractivity contribution in [3.63, 3.8) is 0 Å². The Kier molecular flexibility index (Phi) is 4.70. The van der Waals surface area contributed by atoms with Gasteiger partial charge >= 0.3 is 0 Å². The Morgan fingerprint density at radius 1 is 1.19 bits per heavy atom. The van der Waals surface area contributed by atoms with Crippen molar-refractivity contribution >= 4 is 5.69 Å². The van der Waals surface area contributed by atoms with Crippen molar-refractivity contribution < 1.29 is 4.92 Å². The zero-order chi connectivity index (χ0) is 15.4. The van der Waals surface area contributed by atoms with E-state index in [4.69, 9.17) is 0 Å². The highest BCUT2D eigenvalue weighted by Crippen LogP contribution is 2.27. The highest BCUT2D eigenvalue weighted by molar-refractivity contribution is 5.42. The number of nitro benzene ring substituents is 1. The topological polar surface area (TPSA) is 55.2 Å². The van der Waals surface area contributed by atoms with Crippen molar-refractivity contribution in [2.75, 3.05) is 7.05 Å². The fraction of sp³-hybridized carbons (Fsp3) is 0.294. The number of nitrogens with zero attached hydrogens (tertiary/aromatic N) is 1. The van der Waals surface area contributed by atoms with Gasteiger partial charge in [-0.3, -0.25) is 10.1 Å². The van der Waals surface area contributed by atoms with Gasteiger partial charge in [-0.15, -0.1) is 0 Å². The van der Waals surface area contributed by atoms with Gasteiger partial charge in [0.2, 0.25) is 0 Å². The maximum atomic E-state index is 11.1. The van der Waals surface area contributed by atoms with Gasteiger partial charge in [-0.25, -0.2) is 0 Å². The lowest BCUT2D eigenvalue weighted by atomic mass is 9.93. The van der Waals surface area contributed by atoms with Gasteiger partial charge < -0.3 is 5.32 Å².